The van der Waals surface area contributed by atoms with Crippen LogP contribution in [0, 0.1) is 0 Å². The van der Waals surface area contributed by atoms with Crippen molar-refractivity contribution in [3.05, 3.63) is 52.8 Å². The molecular formula is C16H18N2O3. The highest BCUT2D eigenvalue weighted by atomic mass is 16.5. The Bertz CT molecular complexity index is 632. The molecule has 0 saturated carbocycles. The number of esters is 1. The quantitative estimate of drug-likeness (QED) is 0.601. The summed E-state index contributed by atoms with van der Waals surface area (Å²) < 4.78 is 6.75. The van der Waals surface area contributed by atoms with Gasteiger partial charge in [-0.25, -0.2) is 4.79 Å². The highest BCUT2D eigenvalue weighted by Crippen LogP contribution is 2.19. The van der Waals surface area contributed by atoms with Crippen LogP contribution in [0.4, 0.5) is 0 Å². The van der Waals surface area contributed by atoms with Crippen molar-refractivity contribution in [2.24, 2.45) is 7.05 Å². The van der Waals surface area contributed by atoms with Crippen molar-refractivity contribution in [2.75, 3.05) is 6.61 Å². The Morgan fingerprint density at radius 1 is 1.33 bits per heavy atom. The van der Waals surface area contributed by atoms with Crippen LogP contribution in [0.25, 0.3) is 0 Å². The third kappa shape index (κ3) is 3.37. The molecule has 2 aromatic rings. The molecule has 0 aliphatic rings. The van der Waals surface area contributed by atoms with E-state index >= 15 is 0 Å². The standard InChI is InChI=1S/C16H18N2O3/c1-3-21-16(20)15-13(9-10-19)17-18(2)14(15)11-12-7-5-4-6-8-12/h4-8,10H,3,9,11H2,1-2H3. The number of rotatable bonds is 6. The average molecular weight is 286 g/mol. The number of aryl methyl sites for hydroxylation is 1. The maximum atomic E-state index is 12.2. The van der Waals surface area contributed by atoms with E-state index in [4.69, 9.17) is 4.74 Å². The fourth-order valence-electron chi connectivity index (χ4n) is 2.27. The summed E-state index contributed by atoms with van der Waals surface area (Å²) in [6, 6.07) is 9.81. The summed E-state index contributed by atoms with van der Waals surface area (Å²) >= 11 is 0. The van der Waals surface area contributed by atoms with Crippen LogP contribution in [-0.2, 0) is 29.4 Å². The normalized spacial score (nSPS) is 10.4. The molecule has 0 amide bonds. The van der Waals surface area contributed by atoms with Gasteiger partial charge >= 0.3 is 5.97 Å². The zero-order valence-electron chi connectivity index (χ0n) is 12.2. The second kappa shape index (κ2) is 6.83. The fraction of sp³-hybridized carbons (Fsp3) is 0.312. The molecule has 2 rings (SSSR count). The molecule has 0 fully saturated rings. The Morgan fingerprint density at radius 2 is 2.05 bits per heavy atom. The Hall–Kier alpha value is -2.43. The summed E-state index contributed by atoms with van der Waals surface area (Å²) in [5.74, 6) is -0.423. The van der Waals surface area contributed by atoms with Crippen LogP contribution < -0.4 is 0 Å². The third-order valence-electron chi connectivity index (χ3n) is 3.21. The van der Waals surface area contributed by atoms with E-state index in [9.17, 15) is 9.59 Å². The van der Waals surface area contributed by atoms with E-state index < -0.39 is 5.97 Å². The van der Waals surface area contributed by atoms with Gasteiger partial charge in [0.1, 0.15) is 11.8 Å². The molecule has 5 nitrogen and oxygen atoms in total. The van der Waals surface area contributed by atoms with Gasteiger partial charge in [0.05, 0.1) is 18.0 Å². The largest absolute Gasteiger partial charge is 0.462 e. The van der Waals surface area contributed by atoms with E-state index in [0.717, 1.165) is 17.5 Å². The molecule has 5 heteroatoms. The summed E-state index contributed by atoms with van der Waals surface area (Å²) in [6.07, 6.45) is 1.42. The third-order valence-corrected chi connectivity index (χ3v) is 3.21. The van der Waals surface area contributed by atoms with Crippen molar-refractivity contribution < 1.29 is 14.3 Å². The Balaban J connectivity index is 2.43. The molecule has 110 valence electrons. The van der Waals surface area contributed by atoms with Gasteiger partial charge < -0.3 is 9.53 Å². The summed E-state index contributed by atoms with van der Waals surface area (Å²) in [6.45, 7) is 2.05. The smallest absolute Gasteiger partial charge is 0.341 e. The van der Waals surface area contributed by atoms with Crippen molar-refractivity contribution in [3.63, 3.8) is 0 Å². The van der Waals surface area contributed by atoms with Gasteiger partial charge in [0.25, 0.3) is 0 Å². The lowest BCUT2D eigenvalue weighted by Gasteiger charge is -2.07. The first-order valence-electron chi connectivity index (χ1n) is 6.86. The van der Waals surface area contributed by atoms with Crippen LogP contribution in [-0.4, -0.2) is 28.6 Å². The fourth-order valence-corrected chi connectivity index (χ4v) is 2.27. The van der Waals surface area contributed by atoms with Crippen molar-refractivity contribution in [3.8, 4) is 0 Å². The van der Waals surface area contributed by atoms with E-state index in [2.05, 4.69) is 5.10 Å². The zero-order valence-corrected chi connectivity index (χ0v) is 12.2. The van der Waals surface area contributed by atoms with Crippen molar-refractivity contribution >= 4 is 12.3 Å². The number of carbonyl (C=O) groups is 2. The number of carbonyl (C=O) groups excluding carboxylic acids is 2. The molecule has 0 radical (unpaired) electrons. The molecule has 0 unspecified atom stereocenters. The van der Waals surface area contributed by atoms with Crippen molar-refractivity contribution in [2.45, 2.75) is 19.8 Å². The van der Waals surface area contributed by atoms with E-state index in [0.29, 0.717) is 24.3 Å². The number of nitrogens with zero attached hydrogens (tertiary/aromatic N) is 2. The van der Waals surface area contributed by atoms with Gasteiger partial charge in [0.15, 0.2) is 0 Å². The van der Waals surface area contributed by atoms with Gasteiger partial charge in [-0.15, -0.1) is 0 Å². The maximum absolute atomic E-state index is 12.2. The van der Waals surface area contributed by atoms with Gasteiger partial charge in [0, 0.05) is 19.9 Å². The molecule has 1 aromatic carbocycles. The molecule has 0 aliphatic heterocycles. The second-order valence-corrected chi connectivity index (χ2v) is 4.65. The summed E-state index contributed by atoms with van der Waals surface area (Å²) in [5.41, 5.74) is 2.72. The monoisotopic (exact) mass is 286 g/mol. The Kier molecular flexibility index (Phi) is 4.87. The Labute approximate surface area is 123 Å². The predicted molar refractivity (Wildman–Crippen MR) is 78.2 cm³/mol. The number of hydrogen-bond donors (Lipinski definition) is 0. The minimum absolute atomic E-state index is 0.108. The second-order valence-electron chi connectivity index (χ2n) is 4.65. The van der Waals surface area contributed by atoms with Crippen LogP contribution in [0.1, 0.15) is 34.2 Å². The minimum Gasteiger partial charge on any atom is -0.462 e. The number of hydrogen-bond acceptors (Lipinski definition) is 4. The molecular weight excluding hydrogens is 268 g/mol. The highest BCUT2D eigenvalue weighted by Gasteiger charge is 2.23. The molecule has 0 bridgehead atoms. The van der Waals surface area contributed by atoms with Gasteiger partial charge in [-0.2, -0.15) is 5.10 Å². The molecule has 0 N–H and O–H groups in total. The first-order valence-corrected chi connectivity index (χ1v) is 6.86. The maximum Gasteiger partial charge on any atom is 0.341 e. The van der Waals surface area contributed by atoms with Crippen LogP contribution in [0.5, 0.6) is 0 Å². The van der Waals surface area contributed by atoms with Crippen LogP contribution in [0.2, 0.25) is 0 Å². The van der Waals surface area contributed by atoms with E-state index in [1.165, 1.54) is 0 Å². The average Bonchev–Trinajstić information content (AvgIpc) is 2.77. The predicted octanol–water partition coefficient (Wildman–Crippen LogP) is 1.93. The summed E-state index contributed by atoms with van der Waals surface area (Å²) in [7, 11) is 1.77. The van der Waals surface area contributed by atoms with Gasteiger partial charge in [-0.3, -0.25) is 4.68 Å². The molecule has 0 saturated heterocycles. The summed E-state index contributed by atoms with van der Waals surface area (Å²) in [4.78, 5) is 23.0. The number of benzene rings is 1. The molecule has 0 spiro atoms. The Morgan fingerprint density at radius 3 is 2.67 bits per heavy atom. The number of aldehydes is 1. The highest BCUT2D eigenvalue weighted by molar-refractivity contribution is 5.92. The molecule has 1 heterocycles. The van der Waals surface area contributed by atoms with Crippen molar-refractivity contribution in [1.82, 2.24) is 9.78 Å². The van der Waals surface area contributed by atoms with Crippen LogP contribution in [0.15, 0.2) is 30.3 Å². The lowest BCUT2D eigenvalue weighted by Crippen LogP contribution is -2.11. The molecule has 0 atom stereocenters. The topological polar surface area (TPSA) is 61.2 Å². The van der Waals surface area contributed by atoms with Crippen LogP contribution >= 0.6 is 0 Å². The summed E-state index contributed by atoms with van der Waals surface area (Å²) in [5, 5.41) is 4.28. The van der Waals surface area contributed by atoms with Crippen LogP contribution in [0.3, 0.4) is 0 Å². The lowest BCUT2D eigenvalue weighted by atomic mass is 10.0. The van der Waals surface area contributed by atoms with Gasteiger partial charge in [-0.05, 0) is 12.5 Å². The molecule has 0 aliphatic carbocycles. The van der Waals surface area contributed by atoms with E-state index in [1.807, 2.05) is 30.3 Å². The minimum atomic E-state index is -0.423. The number of aromatic nitrogens is 2. The number of ether oxygens (including phenoxy) is 1. The first-order chi connectivity index (χ1) is 10.2. The van der Waals surface area contributed by atoms with E-state index in [1.54, 1.807) is 18.7 Å². The SMILES string of the molecule is CCOC(=O)c1c(CC=O)nn(C)c1Cc1ccccc1. The van der Waals surface area contributed by atoms with Gasteiger partial charge in [-0.1, -0.05) is 30.3 Å². The van der Waals surface area contributed by atoms with Gasteiger partial charge in [0.2, 0.25) is 0 Å². The molecule has 21 heavy (non-hydrogen) atoms. The molecule has 1 aromatic heterocycles. The van der Waals surface area contributed by atoms with E-state index in [-0.39, 0.29) is 6.42 Å². The first kappa shape index (κ1) is 15.0. The lowest BCUT2D eigenvalue weighted by molar-refractivity contribution is -0.107. The zero-order chi connectivity index (χ0) is 15.2. The van der Waals surface area contributed by atoms with Crippen molar-refractivity contribution in [1.29, 1.82) is 0 Å².